The van der Waals surface area contributed by atoms with Crippen molar-refractivity contribution in [2.75, 3.05) is 26.7 Å². The van der Waals surface area contributed by atoms with Crippen molar-refractivity contribution in [3.63, 3.8) is 0 Å². The second-order valence-electron chi connectivity index (χ2n) is 11.5. The largest absolute Gasteiger partial charge is 0.343 e. The molecule has 2 heterocycles. The van der Waals surface area contributed by atoms with Gasteiger partial charge in [0.2, 0.25) is 5.96 Å². The van der Waals surface area contributed by atoms with E-state index in [4.69, 9.17) is 10.8 Å². The Morgan fingerprint density at radius 3 is 2.67 bits per heavy atom. The maximum Gasteiger partial charge on any atom is 0.241 e. The lowest BCUT2D eigenvalue weighted by Crippen LogP contribution is -2.45. The molecule has 2 N–H and O–H groups in total. The van der Waals surface area contributed by atoms with Crippen LogP contribution in [0.2, 0.25) is 0 Å². The molecule has 2 aliphatic heterocycles. The highest BCUT2D eigenvalue weighted by molar-refractivity contribution is 5.87. The topological polar surface area (TPSA) is 57.2 Å². The van der Waals surface area contributed by atoms with Gasteiger partial charge in [0.05, 0.1) is 0 Å². The van der Waals surface area contributed by atoms with Crippen molar-refractivity contribution in [2.45, 2.75) is 84.1 Å². The van der Waals surface area contributed by atoms with E-state index < -0.39 is 0 Å². The predicted octanol–water partition coefficient (Wildman–Crippen LogP) is 4.34. The molecule has 5 bridgehead atoms. The van der Waals surface area contributed by atoms with E-state index >= 15 is 0 Å². The summed E-state index contributed by atoms with van der Waals surface area (Å²) >= 11 is 0. The quantitative estimate of drug-likeness (QED) is 0.514. The van der Waals surface area contributed by atoms with Gasteiger partial charge in [-0.3, -0.25) is 0 Å². The number of rotatable bonds is 1. The summed E-state index contributed by atoms with van der Waals surface area (Å²) in [5.74, 6) is 10.2. The molecule has 168 valence electrons. The van der Waals surface area contributed by atoms with Crippen LogP contribution in [0.3, 0.4) is 0 Å². The normalized spacial score (nSPS) is 50.0. The van der Waals surface area contributed by atoms with Gasteiger partial charge in [0, 0.05) is 32.4 Å². The zero-order valence-corrected chi connectivity index (χ0v) is 19.5. The molecular weight excluding hydrogens is 370 g/mol. The van der Waals surface area contributed by atoms with Crippen LogP contribution in [0, 0.1) is 34.5 Å². The Morgan fingerprint density at radius 2 is 1.93 bits per heavy atom. The van der Waals surface area contributed by atoms with Crippen LogP contribution >= 0.6 is 0 Å². The van der Waals surface area contributed by atoms with Gasteiger partial charge in [-0.25, -0.2) is 4.99 Å². The Balaban J connectivity index is 1.49. The van der Waals surface area contributed by atoms with Gasteiger partial charge in [-0.05, 0) is 105 Å². The highest BCUT2D eigenvalue weighted by Crippen LogP contribution is 2.79. The first-order chi connectivity index (χ1) is 14.5. The molecule has 5 nitrogen and oxygen atoms in total. The molecule has 0 amide bonds. The predicted molar refractivity (Wildman–Crippen MR) is 124 cm³/mol. The molecule has 8 atom stereocenters. The van der Waals surface area contributed by atoms with Gasteiger partial charge < -0.3 is 15.6 Å². The SMILES string of the molecule is CCC1CCN(C)/C(=N/N)N=CCCC23CCC2C2CCC3C23CCN1CC(C)C3. The minimum absolute atomic E-state index is 0.625. The van der Waals surface area contributed by atoms with Crippen molar-refractivity contribution in [2.24, 2.45) is 50.4 Å². The van der Waals surface area contributed by atoms with Gasteiger partial charge in [-0.15, -0.1) is 5.10 Å². The first-order valence-corrected chi connectivity index (χ1v) is 12.8. The zero-order valence-electron chi connectivity index (χ0n) is 19.5. The summed E-state index contributed by atoms with van der Waals surface area (Å²) in [4.78, 5) is 9.72. The number of nitrogens with two attached hydrogens (primary N) is 1. The zero-order chi connectivity index (χ0) is 20.9. The number of guanidine groups is 1. The Hall–Kier alpha value is -1.10. The highest BCUT2D eigenvalue weighted by Gasteiger charge is 2.72. The third-order valence-electron chi connectivity index (χ3n) is 10.4. The molecule has 1 saturated heterocycles. The van der Waals surface area contributed by atoms with E-state index in [1.807, 2.05) is 0 Å². The summed E-state index contributed by atoms with van der Waals surface area (Å²) in [5, 5.41) is 4.00. The monoisotopic (exact) mass is 413 g/mol. The lowest BCUT2D eigenvalue weighted by Gasteiger charge is -2.53. The van der Waals surface area contributed by atoms with Crippen LogP contribution in [0.25, 0.3) is 0 Å². The number of hydrogen-bond acceptors (Lipinski definition) is 3. The maximum absolute atomic E-state index is 5.71. The van der Waals surface area contributed by atoms with Crippen LogP contribution in [-0.2, 0) is 0 Å². The van der Waals surface area contributed by atoms with Crippen molar-refractivity contribution in [3.8, 4) is 0 Å². The first-order valence-electron chi connectivity index (χ1n) is 12.8. The third kappa shape index (κ3) is 2.97. The van der Waals surface area contributed by atoms with Gasteiger partial charge in [0.15, 0.2) is 0 Å². The fourth-order valence-corrected chi connectivity index (χ4v) is 9.28. The van der Waals surface area contributed by atoms with Crippen molar-refractivity contribution in [3.05, 3.63) is 0 Å². The van der Waals surface area contributed by atoms with Crippen LogP contribution in [0.4, 0.5) is 0 Å². The Bertz CT molecular complexity index is 704. The third-order valence-corrected chi connectivity index (χ3v) is 10.4. The Morgan fingerprint density at radius 1 is 1.10 bits per heavy atom. The molecule has 2 spiro atoms. The molecular formula is C25H43N5. The van der Waals surface area contributed by atoms with E-state index in [9.17, 15) is 0 Å². The first kappa shape index (κ1) is 20.8. The van der Waals surface area contributed by atoms with Crippen molar-refractivity contribution < 1.29 is 0 Å². The summed E-state index contributed by atoms with van der Waals surface area (Å²) in [5.41, 5.74) is 1.27. The Labute approximate surface area is 183 Å². The molecule has 0 aromatic rings. The van der Waals surface area contributed by atoms with E-state index in [1.165, 1.54) is 70.9 Å². The lowest BCUT2D eigenvalue weighted by molar-refractivity contribution is -0.0341. The molecule has 3 saturated carbocycles. The molecule has 30 heavy (non-hydrogen) atoms. The van der Waals surface area contributed by atoms with Crippen molar-refractivity contribution in [1.29, 1.82) is 0 Å². The minimum atomic E-state index is 0.625. The number of hydrogen-bond donors (Lipinski definition) is 1. The van der Waals surface area contributed by atoms with Crippen LogP contribution < -0.4 is 5.84 Å². The molecule has 0 aromatic heterocycles. The fraction of sp³-hybridized carbons (Fsp3) is 0.920. The van der Waals surface area contributed by atoms with Crippen LogP contribution in [0.5, 0.6) is 0 Å². The summed E-state index contributed by atoms with van der Waals surface area (Å²) in [6.45, 7) is 8.50. The van der Waals surface area contributed by atoms with Gasteiger partial charge in [-0.1, -0.05) is 13.8 Å². The Kier molecular flexibility index (Phi) is 5.40. The van der Waals surface area contributed by atoms with Crippen LogP contribution in [-0.4, -0.2) is 54.7 Å². The summed E-state index contributed by atoms with van der Waals surface area (Å²) in [6, 6.07) is 0.655. The molecule has 8 unspecified atom stereocenters. The summed E-state index contributed by atoms with van der Waals surface area (Å²) in [6.07, 6.45) is 15.9. The van der Waals surface area contributed by atoms with Crippen LogP contribution in [0.15, 0.2) is 10.1 Å². The summed E-state index contributed by atoms with van der Waals surface area (Å²) in [7, 11) is 2.09. The standard InChI is InChI=1S/C25H43N5/c1-4-19-9-14-29(3)23(28-26)27-13-5-10-24-11-8-21(24)20-6-7-22(24)25(20)12-15-30(19)17-18(2)16-25/h13,18-22H,4-12,14-17,26H2,1-3H3/b27-13?,28-23+. The smallest absolute Gasteiger partial charge is 0.241 e. The van der Waals surface area contributed by atoms with Gasteiger partial charge in [-0.2, -0.15) is 0 Å². The van der Waals surface area contributed by atoms with Crippen molar-refractivity contribution >= 4 is 12.2 Å². The van der Waals surface area contributed by atoms with E-state index in [0.717, 1.165) is 36.6 Å². The van der Waals surface area contributed by atoms with Gasteiger partial charge in [0.25, 0.3) is 0 Å². The fourth-order valence-electron chi connectivity index (χ4n) is 9.28. The molecule has 5 rings (SSSR count). The average molecular weight is 414 g/mol. The number of fused-ring (bicyclic) bond motifs is 3. The number of hydrazone groups is 1. The van der Waals surface area contributed by atoms with Crippen LogP contribution in [0.1, 0.15) is 78.1 Å². The molecule has 0 radical (unpaired) electrons. The van der Waals surface area contributed by atoms with Gasteiger partial charge >= 0.3 is 0 Å². The molecule has 5 aliphatic rings. The lowest BCUT2D eigenvalue weighted by atomic mass is 9.52. The second kappa shape index (κ2) is 7.79. The molecule has 3 aliphatic carbocycles. The molecule has 4 fully saturated rings. The second-order valence-corrected chi connectivity index (χ2v) is 11.5. The summed E-state index contributed by atoms with van der Waals surface area (Å²) < 4.78 is 0. The highest BCUT2D eigenvalue weighted by atomic mass is 15.3. The molecule has 5 heteroatoms. The van der Waals surface area contributed by atoms with E-state index in [2.05, 4.69) is 42.0 Å². The van der Waals surface area contributed by atoms with Gasteiger partial charge in [0.1, 0.15) is 0 Å². The van der Waals surface area contributed by atoms with E-state index in [-0.39, 0.29) is 0 Å². The number of nitrogens with zero attached hydrogens (tertiary/aromatic N) is 4. The maximum atomic E-state index is 5.71. The van der Waals surface area contributed by atoms with Crippen molar-refractivity contribution in [1.82, 2.24) is 9.80 Å². The van der Waals surface area contributed by atoms with E-state index in [0.29, 0.717) is 22.8 Å². The van der Waals surface area contributed by atoms with E-state index in [1.54, 1.807) is 0 Å². The average Bonchev–Trinajstić information content (AvgIpc) is 3.01. The molecule has 0 aromatic carbocycles. The number of aliphatic imine (C=N–C) groups is 1. The minimum Gasteiger partial charge on any atom is -0.343 e.